The molecule has 94 valence electrons. The monoisotopic (exact) mass is 259 g/mol. The molecule has 3 nitrogen and oxygen atoms in total. The molecule has 0 saturated carbocycles. The smallest absolute Gasteiger partial charge is 0.119 e. The van der Waals surface area contributed by atoms with Gasteiger partial charge >= 0.3 is 0 Å². The van der Waals surface area contributed by atoms with Gasteiger partial charge in [-0.15, -0.1) is 0 Å². The molecule has 2 aromatic rings. The van der Waals surface area contributed by atoms with Crippen molar-refractivity contribution in [1.29, 1.82) is 0 Å². The van der Waals surface area contributed by atoms with Crippen molar-refractivity contribution in [3.63, 3.8) is 0 Å². The van der Waals surface area contributed by atoms with Crippen LogP contribution in [0, 0.1) is 0 Å². The zero-order valence-corrected chi connectivity index (χ0v) is 11.4. The van der Waals surface area contributed by atoms with Gasteiger partial charge in [-0.25, -0.2) is 4.98 Å². The van der Waals surface area contributed by atoms with Crippen LogP contribution in [0.5, 0.6) is 0 Å². The van der Waals surface area contributed by atoms with Crippen molar-refractivity contribution < 1.29 is 0 Å². The number of nitrogens with one attached hydrogen (secondary N) is 1. The molecule has 18 heavy (non-hydrogen) atoms. The Morgan fingerprint density at radius 2 is 1.94 bits per heavy atom. The summed E-state index contributed by atoms with van der Waals surface area (Å²) in [4.78, 5) is 9.48. The lowest BCUT2D eigenvalue weighted by Gasteiger charge is -2.08. The lowest BCUT2D eigenvalue weighted by molar-refractivity contribution is 0.588. The maximum Gasteiger partial charge on any atom is 0.119 e. The summed E-state index contributed by atoms with van der Waals surface area (Å²) < 4.78 is 0. The summed E-state index contributed by atoms with van der Waals surface area (Å²) >= 11 is 1.63. The van der Waals surface area contributed by atoms with Crippen LogP contribution >= 0.6 is 11.8 Å². The van der Waals surface area contributed by atoms with Crippen LogP contribution in [0.15, 0.2) is 52.8 Å². The molecule has 0 amide bonds. The third-order valence-electron chi connectivity index (χ3n) is 2.40. The van der Waals surface area contributed by atoms with Crippen LogP contribution < -0.4 is 5.32 Å². The van der Waals surface area contributed by atoms with E-state index in [-0.39, 0.29) is 0 Å². The first kappa shape index (κ1) is 13.1. The fourth-order valence-electron chi connectivity index (χ4n) is 1.46. The van der Waals surface area contributed by atoms with Gasteiger partial charge in [0, 0.05) is 29.9 Å². The van der Waals surface area contributed by atoms with Gasteiger partial charge in [-0.1, -0.05) is 37.7 Å². The molecule has 4 heteroatoms. The molecule has 1 aromatic carbocycles. The summed E-state index contributed by atoms with van der Waals surface area (Å²) in [6.45, 7) is 5.21. The van der Waals surface area contributed by atoms with Crippen molar-refractivity contribution in [2.75, 3.05) is 0 Å². The van der Waals surface area contributed by atoms with Crippen molar-refractivity contribution in [3.8, 4) is 0 Å². The molecule has 0 radical (unpaired) electrons. The van der Waals surface area contributed by atoms with E-state index in [0.717, 1.165) is 11.6 Å². The van der Waals surface area contributed by atoms with Gasteiger partial charge in [-0.3, -0.25) is 4.98 Å². The van der Waals surface area contributed by atoms with Crippen LogP contribution in [-0.4, -0.2) is 16.0 Å². The molecule has 0 spiro atoms. The largest absolute Gasteiger partial charge is 0.310 e. The Labute approximate surface area is 112 Å². The molecule has 0 unspecified atom stereocenters. The molecule has 2 rings (SSSR count). The molecule has 1 aromatic heterocycles. The summed E-state index contributed by atoms with van der Waals surface area (Å²) in [6, 6.07) is 9.05. The highest BCUT2D eigenvalue weighted by Gasteiger charge is 1.99. The number of rotatable bonds is 5. The van der Waals surface area contributed by atoms with E-state index in [1.165, 1.54) is 10.5 Å². The second kappa shape index (κ2) is 6.52. The number of hydrogen-bond acceptors (Lipinski definition) is 4. The standard InChI is InChI=1S/C14H17N3S/c1-11(2)17-9-12-3-5-13(6-4-12)18-14-10-15-7-8-16-14/h3-8,10-11,17H,9H2,1-2H3. The number of aromatic nitrogens is 2. The van der Waals surface area contributed by atoms with Gasteiger partial charge in [0.15, 0.2) is 0 Å². The van der Waals surface area contributed by atoms with Crippen molar-refractivity contribution >= 4 is 11.8 Å². The quantitative estimate of drug-likeness (QED) is 0.895. The molecule has 0 atom stereocenters. The van der Waals surface area contributed by atoms with E-state index in [4.69, 9.17) is 0 Å². The molecule has 0 aliphatic heterocycles. The first-order chi connectivity index (χ1) is 8.74. The Bertz CT molecular complexity index is 468. The molecular weight excluding hydrogens is 242 g/mol. The van der Waals surface area contributed by atoms with E-state index in [9.17, 15) is 0 Å². The summed E-state index contributed by atoms with van der Waals surface area (Å²) in [5.74, 6) is 0. The van der Waals surface area contributed by atoms with E-state index in [2.05, 4.69) is 53.4 Å². The van der Waals surface area contributed by atoms with Gasteiger partial charge in [-0.2, -0.15) is 0 Å². The van der Waals surface area contributed by atoms with E-state index in [0.29, 0.717) is 6.04 Å². The minimum Gasteiger partial charge on any atom is -0.310 e. The highest BCUT2D eigenvalue weighted by molar-refractivity contribution is 7.99. The zero-order valence-electron chi connectivity index (χ0n) is 10.6. The Hall–Kier alpha value is -1.39. The summed E-state index contributed by atoms with van der Waals surface area (Å²) in [5.41, 5.74) is 1.30. The maximum atomic E-state index is 4.24. The molecule has 0 fully saturated rings. The molecule has 0 bridgehead atoms. The van der Waals surface area contributed by atoms with E-state index in [1.54, 1.807) is 30.4 Å². The Morgan fingerprint density at radius 3 is 2.56 bits per heavy atom. The van der Waals surface area contributed by atoms with Crippen molar-refractivity contribution in [2.24, 2.45) is 0 Å². The first-order valence-electron chi connectivity index (χ1n) is 6.00. The summed E-state index contributed by atoms with van der Waals surface area (Å²) in [7, 11) is 0. The maximum absolute atomic E-state index is 4.24. The first-order valence-corrected chi connectivity index (χ1v) is 6.82. The fraction of sp³-hybridized carbons (Fsp3) is 0.286. The fourth-order valence-corrected chi connectivity index (χ4v) is 2.20. The summed E-state index contributed by atoms with van der Waals surface area (Å²) in [5, 5.41) is 4.32. The van der Waals surface area contributed by atoms with Crippen LogP contribution in [-0.2, 0) is 6.54 Å². The Kier molecular flexibility index (Phi) is 4.73. The molecule has 0 saturated heterocycles. The zero-order chi connectivity index (χ0) is 12.8. The average Bonchev–Trinajstić information content (AvgIpc) is 2.39. The molecular formula is C14H17N3S. The van der Waals surface area contributed by atoms with Crippen molar-refractivity contribution in [2.45, 2.75) is 36.4 Å². The Balaban J connectivity index is 1.95. The molecule has 0 aliphatic carbocycles. The SMILES string of the molecule is CC(C)NCc1ccc(Sc2cnccn2)cc1. The highest BCUT2D eigenvalue weighted by Crippen LogP contribution is 2.25. The average molecular weight is 259 g/mol. The molecule has 1 N–H and O–H groups in total. The minimum absolute atomic E-state index is 0.513. The highest BCUT2D eigenvalue weighted by atomic mass is 32.2. The topological polar surface area (TPSA) is 37.8 Å². The third-order valence-corrected chi connectivity index (χ3v) is 3.33. The summed E-state index contributed by atoms with van der Waals surface area (Å²) in [6.07, 6.45) is 5.17. The van der Waals surface area contributed by atoms with Gasteiger partial charge in [0.1, 0.15) is 5.03 Å². The number of benzene rings is 1. The minimum atomic E-state index is 0.513. The lowest BCUT2D eigenvalue weighted by atomic mass is 10.2. The van der Waals surface area contributed by atoms with Crippen LogP contribution in [0.1, 0.15) is 19.4 Å². The van der Waals surface area contributed by atoms with Gasteiger partial charge in [-0.05, 0) is 17.7 Å². The predicted octanol–water partition coefficient (Wildman–Crippen LogP) is 3.13. The van der Waals surface area contributed by atoms with Crippen LogP contribution in [0.2, 0.25) is 0 Å². The van der Waals surface area contributed by atoms with Crippen LogP contribution in [0.3, 0.4) is 0 Å². The number of nitrogens with zero attached hydrogens (tertiary/aromatic N) is 2. The molecule has 0 aliphatic rings. The third kappa shape index (κ3) is 4.13. The van der Waals surface area contributed by atoms with E-state index < -0.39 is 0 Å². The van der Waals surface area contributed by atoms with Crippen molar-refractivity contribution in [1.82, 2.24) is 15.3 Å². The second-order valence-corrected chi connectivity index (χ2v) is 5.42. The number of hydrogen-bond donors (Lipinski definition) is 1. The normalized spacial score (nSPS) is 10.8. The molecule has 1 heterocycles. The van der Waals surface area contributed by atoms with E-state index >= 15 is 0 Å². The second-order valence-electron chi connectivity index (χ2n) is 4.33. The Morgan fingerprint density at radius 1 is 1.17 bits per heavy atom. The van der Waals surface area contributed by atoms with Crippen LogP contribution in [0.25, 0.3) is 0 Å². The lowest BCUT2D eigenvalue weighted by Crippen LogP contribution is -2.21. The predicted molar refractivity (Wildman–Crippen MR) is 74.6 cm³/mol. The van der Waals surface area contributed by atoms with E-state index in [1.807, 2.05) is 0 Å². The van der Waals surface area contributed by atoms with Crippen LogP contribution in [0.4, 0.5) is 0 Å². The van der Waals surface area contributed by atoms with Crippen molar-refractivity contribution in [3.05, 3.63) is 48.4 Å². The van der Waals surface area contributed by atoms with Gasteiger partial charge in [0.05, 0.1) is 6.20 Å². The van der Waals surface area contributed by atoms with Gasteiger partial charge in [0.2, 0.25) is 0 Å². The van der Waals surface area contributed by atoms with Gasteiger partial charge in [0.25, 0.3) is 0 Å². The van der Waals surface area contributed by atoms with Gasteiger partial charge < -0.3 is 5.32 Å².